The third-order valence-corrected chi connectivity index (χ3v) is 3.92. The normalized spacial score (nSPS) is 11.3. The van der Waals surface area contributed by atoms with Gasteiger partial charge in [0.15, 0.2) is 0 Å². The van der Waals surface area contributed by atoms with E-state index in [1.54, 1.807) is 0 Å². The molecule has 0 bridgehead atoms. The van der Waals surface area contributed by atoms with Gasteiger partial charge in [0.05, 0.1) is 0 Å². The zero-order valence-electron chi connectivity index (χ0n) is 12.8. The monoisotopic (exact) mass is 345 g/mol. The second kappa shape index (κ2) is 6.02. The van der Waals surface area contributed by atoms with Crippen molar-refractivity contribution in [2.75, 3.05) is 5.32 Å². The molecule has 0 aliphatic heterocycles. The van der Waals surface area contributed by atoms with Crippen molar-refractivity contribution in [3.8, 4) is 0 Å². The first-order chi connectivity index (χ1) is 9.79. The minimum absolute atomic E-state index is 0.0678. The molecule has 1 amide bonds. The maximum atomic E-state index is 12.6. The highest BCUT2D eigenvalue weighted by atomic mass is 79.9. The highest BCUT2D eigenvalue weighted by Gasteiger charge is 2.21. The van der Waals surface area contributed by atoms with Gasteiger partial charge in [0.25, 0.3) is 5.91 Å². The van der Waals surface area contributed by atoms with Crippen molar-refractivity contribution in [2.24, 2.45) is 0 Å². The summed E-state index contributed by atoms with van der Waals surface area (Å²) in [6, 6.07) is 13.6. The standard InChI is InChI=1S/C18H20BrNO/c1-12-9-10-13(19)11-16(12)20-17(21)14-7-5-6-8-15(14)18(2,3)4/h5-11H,1-4H3,(H,20,21). The zero-order chi connectivity index (χ0) is 15.6. The Morgan fingerprint density at radius 2 is 1.76 bits per heavy atom. The molecule has 2 rings (SSSR count). The molecule has 1 N–H and O–H groups in total. The van der Waals surface area contributed by atoms with Crippen LogP contribution in [0.25, 0.3) is 0 Å². The van der Waals surface area contributed by atoms with Gasteiger partial charge in [0.2, 0.25) is 0 Å². The Bertz CT molecular complexity index is 671. The first-order valence-electron chi connectivity index (χ1n) is 6.96. The fourth-order valence-electron chi connectivity index (χ4n) is 2.25. The second-order valence-corrected chi connectivity index (χ2v) is 7.12. The van der Waals surface area contributed by atoms with Gasteiger partial charge in [-0.3, -0.25) is 4.79 Å². The van der Waals surface area contributed by atoms with Crippen LogP contribution in [0.1, 0.15) is 42.3 Å². The molecule has 0 aliphatic rings. The molecule has 0 aromatic heterocycles. The molecule has 2 nitrogen and oxygen atoms in total. The number of rotatable bonds is 2. The number of benzene rings is 2. The molecule has 3 heteroatoms. The van der Waals surface area contributed by atoms with E-state index >= 15 is 0 Å². The zero-order valence-corrected chi connectivity index (χ0v) is 14.4. The quantitative estimate of drug-likeness (QED) is 0.785. The Labute approximate surface area is 134 Å². The van der Waals surface area contributed by atoms with E-state index < -0.39 is 0 Å². The molecule has 2 aromatic rings. The lowest BCUT2D eigenvalue weighted by Crippen LogP contribution is -2.21. The molecule has 21 heavy (non-hydrogen) atoms. The number of aryl methyl sites for hydroxylation is 1. The highest BCUT2D eigenvalue weighted by Crippen LogP contribution is 2.27. The van der Waals surface area contributed by atoms with Crippen LogP contribution in [0.15, 0.2) is 46.9 Å². The van der Waals surface area contributed by atoms with E-state index in [0.29, 0.717) is 0 Å². The molecule has 0 radical (unpaired) electrons. The minimum atomic E-state index is -0.0692. The van der Waals surface area contributed by atoms with Gasteiger partial charge >= 0.3 is 0 Å². The van der Waals surface area contributed by atoms with Crippen LogP contribution < -0.4 is 5.32 Å². The van der Waals surface area contributed by atoms with E-state index in [1.807, 2.05) is 49.4 Å². The van der Waals surface area contributed by atoms with Crippen LogP contribution >= 0.6 is 15.9 Å². The third-order valence-electron chi connectivity index (χ3n) is 3.43. The topological polar surface area (TPSA) is 29.1 Å². The number of amides is 1. The van der Waals surface area contributed by atoms with Gasteiger partial charge in [0, 0.05) is 15.7 Å². The Morgan fingerprint density at radius 1 is 1.10 bits per heavy atom. The van der Waals surface area contributed by atoms with Crippen molar-refractivity contribution >= 4 is 27.5 Å². The molecule has 0 spiro atoms. The predicted octanol–water partition coefficient (Wildman–Crippen LogP) is 5.31. The molecule has 110 valence electrons. The smallest absolute Gasteiger partial charge is 0.255 e. The molecule has 0 heterocycles. The van der Waals surface area contributed by atoms with Crippen molar-refractivity contribution in [3.63, 3.8) is 0 Å². The predicted molar refractivity (Wildman–Crippen MR) is 92.0 cm³/mol. The summed E-state index contributed by atoms with van der Waals surface area (Å²) < 4.78 is 0.951. The molecule has 2 aromatic carbocycles. The van der Waals surface area contributed by atoms with Crippen molar-refractivity contribution in [1.82, 2.24) is 0 Å². The van der Waals surface area contributed by atoms with E-state index in [0.717, 1.165) is 26.9 Å². The Kier molecular flexibility index (Phi) is 4.52. The van der Waals surface area contributed by atoms with E-state index in [-0.39, 0.29) is 11.3 Å². The number of hydrogen-bond acceptors (Lipinski definition) is 1. The third kappa shape index (κ3) is 3.73. The summed E-state index contributed by atoms with van der Waals surface area (Å²) in [6.45, 7) is 8.33. The van der Waals surface area contributed by atoms with Gasteiger partial charge in [-0.15, -0.1) is 0 Å². The summed E-state index contributed by atoms with van der Waals surface area (Å²) in [5.41, 5.74) is 3.58. The lowest BCUT2D eigenvalue weighted by molar-refractivity contribution is 0.102. The summed E-state index contributed by atoms with van der Waals surface area (Å²) in [5.74, 6) is -0.0678. The fraction of sp³-hybridized carbons (Fsp3) is 0.278. The number of carbonyl (C=O) groups excluding carboxylic acids is 1. The summed E-state index contributed by atoms with van der Waals surface area (Å²) >= 11 is 3.44. The van der Waals surface area contributed by atoms with Crippen molar-refractivity contribution in [1.29, 1.82) is 0 Å². The van der Waals surface area contributed by atoms with Gasteiger partial charge < -0.3 is 5.32 Å². The number of carbonyl (C=O) groups is 1. The Morgan fingerprint density at radius 3 is 2.43 bits per heavy atom. The lowest BCUT2D eigenvalue weighted by Gasteiger charge is -2.22. The average Bonchev–Trinajstić information content (AvgIpc) is 2.42. The molecule has 0 saturated carbocycles. The summed E-state index contributed by atoms with van der Waals surface area (Å²) in [4.78, 5) is 12.6. The largest absolute Gasteiger partial charge is 0.322 e. The summed E-state index contributed by atoms with van der Waals surface area (Å²) in [5, 5.41) is 3.01. The first-order valence-corrected chi connectivity index (χ1v) is 7.75. The van der Waals surface area contributed by atoms with Gasteiger partial charge in [-0.1, -0.05) is 61.0 Å². The van der Waals surface area contributed by atoms with Gasteiger partial charge in [-0.05, 0) is 41.7 Å². The van der Waals surface area contributed by atoms with Crippen LogP contribution in [-0.4, -0.2) is 5.91 Å². The number of anilines is 1. The number of hydrogen-bond donors (Lipinski definition) is 1. The van der Waals surface area contributed by atoms with Crippen LogP contribution in [0.3, 0.4) is 0 Å². The number of nitrogens with one attached hydrogen (secondary N) is 1. The van der Waals surface area contributed by atoms with E-state index in [4.69, 9.17) is 0 Å². The molecule has 0 unspecified atom stereocenters. The molecule has 0 aliphatic carbocycles. The summed E-state index contributed by atoms with van der Waals surface area (Å²) in [7, 11) is 0. The van der Waals surface area contributed by atoms with Gasteiger partial charge in [-0.25, -0.2) is 0 Å². The van der Waals surface area contributed by atoms with Crippen molar-refractivity contribution < 1.29 is 4.79 Å². The highest BCUT2D eigenvalue weighted by molar-refractivity contribution is 9.10. The first kappa shape index (κ1) is 15.8. The van der Waals surface area contributed by atoms with Gasteiger partial charge in [-0.2, -0.15) is 0 Å². The Balaban J connectivity index is 2.36. The molecular weight excluding hydrogens is 326 g/mol. The summed E-state index contributed by atoms with van der Waals surface area (Å²) in [6.07, 6.45) is 0. The fourth-order valence-corrected chi connectivity index (χ4v) is 2.61. The van der Waals surface area contributed by atoms with E-state index in [9.17, 15) is 4.79 Å². The lowest BCUT2D eigenvalue weighted by atomic mass is 9.83. The minimum Gasteiger partial charge on any atom is -0.322 e. The molecular formula is C18H20BrNO. The van der Waals surface area contributed by atoms with E-state index in [2.05, 4.69) is 42.0 Å². The van der Waals surface area contributed by atoms with Crippen molar-refractivity contribution in [3.05, 3.63) is 63.6 Å². The number of halogens is 1. The Hall–Kier alpha value is -1.61. The van der Waals surface area contributed by atoms with Crippen LogP contribution in [0, 0.1) is 6.92 Å². The average molecular weight is 346 g/mol. The maximum Gasteiger partial charge on any atom is 0.255 e. The van der Waals surface area contributed by atoms with Crippen LogP contribution in [-0.2, 0) is 5.41 Å². The van der Waals surface area contributed by atoms with Crippen LogP contribution in [0.4, 0.5) is 5.69 Å². The molecule has 0 fully saturated rings. The molecule has 0 atom stereocenters. The van der Waals surface area contributed by atoms with Crippen LogP contribution in [0.5, 0.6) is 0 Å². The van der Waals surface area contributed by atoms with Crippen LogP contribution in [0.2, 0.25) is 0 Å². The van der Waals surface area contributed by atoms with Gasteiger partial charge in [0.1, 0.15) is 0 Å². The van der Waals surface area contributed by atoms with Crippen molar-refractivity contribution in [2.45, 2.75) is 33.1 Å². The SMILES string of the molecule is Cc1ccc(Br)cc1NC(=O)c1ccccc1C(C)(C)C. The second-order valence-electron chi connectivity index (χ2n) is 6.21. The molecule has 0 saturated heterocycles. The van der Waals surface area contributed by atoms with E-state index in [1.165, 1.54) is 0 Å². The maximum absolute atomic E-state index is 12.6.